The summed E-state index contributed by atoms with van der Waals surface area (Å²) in [5.41, 5.74) is 3.59. The van der Waals surface area contributed by atoms with Crippen molar-refractivity contribution in [1.29, 1.82) is 0 Å². The van der Waals surface area contributed by atoms with Crippen LogP contribution in [0.3, 0.4) is 0 Å². The van der Waals surface area contributed by atoms with E-state index in [0.29, 0.717) is 5.56 Å². The van der Waals surface area contributed by atoms with E-state index in [1.54, 1.807) is 43.3 Å². The molecule has 0 saturated heterocycles. The summed E-state index contributed by atoms with van der Waals surface area (Å²) in [6.07, 6.45) is -0.675. The molecule has 3 aliphatic carbocycles. The molecule has 2 fully saturated rings. The first-order valence-electron chi connectivity index (χ1n) is 12.5. The number of carbonyl (C=O) groups is 6. The minimum Gasteiger partial charge on any atom is -0.507 e. The summed E-state index contributed by atoms with van der Waals surface area (Å²) < 4.78 is 0. The molecular weight excluding hydrogens is 490 g/mol. The zero-order valence-electron chi connectivity index (χ0n) is 20.6. The smallest absolute Gasteiger partial charge is 0.235 e. The number of rotatable bonds is 5. The summed E-state index contributed by atoms with van der Waals surface area (Å²) in [5.74, 6) is -13.1. The van der Waals surface area contributed by atoms with E-state index in [2.05, 4.69) is 0 Å². The lowest BCUT2D eigenvalue weighted by Crippen LogP contribution is -2.71. The third-order valence-corrected chi connectivity index (χ3v) is 8.64. The van der Waals surface area contributed by atoms with Gasteiger partial charge >= 0.3 is 0 Å². The van der Waals surface area contributed by atoms with Crippen molar-refractivity contribution < 1.29 is 39.0 Å². The van der Waals surface area contributed by atoms with E-state index in [0.717, 1.165) is 5.56 Å². The molecule has 9 nitrogen and oxygen atoms in total. The highest BCUT2D eigenvalue weighted by Crippen LogP contribution is 2.57. The first-order valence-corrected chi connectivity index (χ1v) is 12.5. The molecule has 0 radical (unpaired) electrons. The van der Waals surface area contributed by atoms with Gasteiger partial charge in [-0.3, -0.25) is 28.8 Å². The summed E-state index contributed by atoms with van der Waals surface area (Å²) in [6.45, 7) is 1.76. The minimum atomic E-state index is -2.84. The predicted octanol–water partition coefficient (Wildman–Crippen LogP) is 1.32. The topological polar surface area (TPSA) is 169 Å². The molecule has 0 heterocycles. The second-order valence-electron chi connectivity index (χ2n) is 10.6. The van der Waals surface area contributed by atoms with E-state index in [1.165, 1.54) is 6.07 Å². The van der Waals surface area contributed by atoms with Crippen molar-refractivity contribution in [3.8, 4) is 5.75 Å². The number of hydrogen-bond donors (Lipinski definition) is 3. The van der Waals surface area contributed by atoms with Crippen LogP contribution in [0.5, 0.6) is 5.75 Å². The Labute approximate surface area is 218 Å². The summed E-state index contributed by atoms with van der Waals surface area (Å²) in [5, 5.41) is 22.2. The molecule has 4 N–H and O–H groups in total. The van der Waals surface area contributed by atoms with E-state index < -0.39 is 76.6 Å². The van der Waals surface area contributed by atoms with Crippen molar-refractivity contribution in [2.24, 2.45) is 35.3 Å². The number of Topliss-reactive ketones (excluding diaryl/α,β-unsaturated/α-hetero) is 5. The molecule has 3 aliphatic rings. The maximum atomic E-state index is 13.9. The Balaban J connectivity index is 1.64. The Morgan fingerprint density at radius 2 is 1.68 bits per heavy atom. The van der Waals surface area contributed by atoms with Crippen LogP contribution >= 0.6 is 0 Å². The monoisotopic (exact) mass is 517 g/mol. The Kier molecular flexibility index (Phi) is 6.14. The van der Waals surface area contributed by atoms with Gasteiger partial charge in [-0.25, -0.2) is 0 Å². The third-order valence-electron chi connectivity index (χ3n) is 8.64. The molecule has 2 aromatic carbocycles. The molecule has 0 aromatic heterocycles. The van der Waals surface area contributed by atoms with E-state index in [-0.39, 0.29) is 29.9 Å². The third kappa shape index (κ3) is 3.64. The van der Waals surface area contributed by atoms with Crippen molar-refractivity contribution in [1.82, 2.24) is 0 Å². The molecule has 2 saturated carbocycles. The maximum Gasteiger partial charge on any atom is 0.235 e. The molecule has 0 aliphatic heterocycles. The maximum absolute atomic E-state index is 13.9. The number of carbonyl (C=O) groups excluding carboxylic acids is 6. The van der Waals surface area contributed by atoms with Crippen LogP contribution in [0.1, 0.15) is 47.2 Å². The SMILES string of the molecule is C[C@H]1c2cccc(O)c2C(=O)C2C(=O)[C@]3(O)C(=O)C(C(N)=O)C(=O)C[C@@H]3[C@@H](CC(=O)Cc3ccccc3)[C@@H]21. The van der Waals surface area contributed by atoms with Gasteiger partial charge in [-0.05, 0) is 34.9 Å². The van der Waals surface area contributed by atoms with Gasteiger partial charge in [0.1, 0.15) is 11.5 Å². The number of phenols is 1. The lowest BCUT2D eigenvalue weighted by atomic mass is 9.47. The van der Waals surface area contributed by atoms with Gasteiger partial charge in [0.25, 0.3) is 0 Å². The van der Waals surface area contributed by atoms with Gasteiger partial charge in [0, 0.05) is 25.2 Å². The van der Waals surface area contributed by atoms with Crippen molar-refractivity contribution in [2.45, 2.75) is 37.7 Å². The molecule has 196 valence electrons. The van der Waals surface area contributed by atoms with Gasteiger partial charge in [-0.15, -0.1) is 0 Å². The highest BCUT2D eigenvalue weighted by atomic mass is 16.3. The van der Waals surface area contributed by atoms with E-state index in [9.17, 15) is 39.0 Å². The molecule has 2 unspecified atom stereocenters. The highest BCUT2D eigenvalue weighted by molar-refractivity contribution is 6.31. The number of primary amides is 1. The van der Waals surface area contributed by atoms with Crippen molar-refractivity contribution >= 4 is 34.8 Å². The van der Waals surface area contributed by atoms with Gasteiger partial charge in [0.2, 0.25) is 5.91 Å². The number of phenolic OH excluding ortho intramolecular Hbond substituents is 1. The Hall–Kier alpha value is -3.98. The average molecular weight is 518 g/mol. The highest BCUT2D eigenvalue weighted by Gasteiger charge is 2.69. The average Bonchev–Trinajstić information content (AvgIpc) is 2.86. The summed E-state index contributed by atoms with van der Waals surface area (Å²) >= 11 is 0. The molecule has 7 atom stereocenters. The Bertz CT molecular complexity index is 1400. The second-order valence-corrected chi connectivity index (χ2v) is 10.6. The zero-order valence-corrected chi connectivity index (χ0v) is 20.6. The standard InChI is InChI=1S/C29H27NO8/c1-13-16-8-5-9-19(32)22(16)25(34)24-21(13)17(11-15(31)10-14-6-3-2-4-7-14)18-12-20(33)23(28(30)37)26(35)29(18,38)27(24)36/h2-9,13,17-18,21,23-24,32,38H,10-12H2,1H3,(H2,30,37)/t13-,17+,18+,21-,23?,24?,29+/m0/s1. The zero-order chi connectivity index (χ0) is 27.5. The lowest BCUT2D eigenvalue weighted by Gasteiger charge is -2.54. The van der Waals surface area contributed by atoms with Crippen molar-refractivity contribution in [2.75, 3.05) is 0 Å². The van der Waals surface area contributed by atoms with E-state index >= 15 is 0 Å². The van der Waals surface area contributed by atoms with Crippen LogP contribution in [0.4, 0.5) is 0 Å². The Morgan fingerprint density at radius 3 is 2.34 bits per heavy atom. The summed E-state index contributed by atoms with van der Waals surface area (Å²) in [7, 11) is 0. The van der Waals surface area contributed by atoms with Crippen LogP contribution in [-0.4, -0.2) is 50.6 Å². The number of amides is 1. The van der Waals surface area contributed by atoms with Crippen LogP contribution in [0.25, 0.3) is 0 Å². The number of benzene rings is 2. The van der Waals surface area contributed by atoms with Crippen LogP contribution < -0.4 is 5.73 Å². The number of nitrogens with two attached hydrogens (primary N) is 1. The fourth-order valence-corrected chi connectivity index (χ4v) is 6.97. The second kappa shape index (κ2) is 9.09. The van der Waals surface area contributed by atoms with Gasteiger partial charge in [0.05, 0.1) is 11.5 Å². The van der Waals surface area contributed by atoms with Crippen molar-refractivity contribution in [3.63, 3.8) is 0 Å². The van der Waals surface area contributed by atoms with E-state index in [1.807, 2.05) is 6.07 Å². The largest absolute Gasteiger partial charge is 0.507 e. The summed E-state index contributed by atoms with van der Waals surface area (Å²) in [4.78, 5) is 79.2. The van der Waals surface area contributed by atoms with Gasteiger partial charge < -0.3 is 15.9 Å². The number of aliphatic hydroxyl groups is 1. The Morgan fingerprint density at radius 1 is 1.00 bits per heavy atom. The molecule has 9 heteroatoms. The van der Waals surface area contributed by atoms with Crippen LogP contribution in [-0.2, 0) is 30.4 Å². The van der Waals surface area contributed by atoms with Crippen LogP contribution in [0, 0.1) is 29.6 Å². The van der Waals surface area contributed by atoms with Crippen LogP contribution in [0.15, 0.2) is 48.5 Å². The molecule has 2 aromatic rings. The molecule has 0 bridgehead atoms. The normalized spacial score (nSPS) is 32.3. The molecule has 38 heavy (non-hydrogen) atoms. The molecule has 1 amide bonds. The minimum absolute atomic E-state index is 0.0410. The predicted molar refractivity (Wildman–Crippen MR) is 132 cm³/mol. The van der Waals surface area contributed by atoms with E-state index in [4.69, 9.17) is 5.73 Å². The van der Waals surface area contributed by atoms with Crippen molar-refractivity contribution in [3.05, 3.63) is 65.2 Å². The first-order chi connectivity index (χ1) is 18.0. The lowest BCUT2D eigenvalue weighted by molar-refractivity contribution is -0.183. The number of ketones is 5. The molecular formula is C29H27NO8. The number of aromatic hydroxyl groups is 1. The first kappa shape index (κ1) is 25.7. The van der Waals surface area contributed by atoms with Gasteiger partial charge in [-0.2, -0.15) is 0 Å². The molecule has 0 spiro atoms. The fourth-order valence-electron chi connectivity index (χ4n) is 6.97. The number of fused-ring (bicyclic) bond motifs is 3. The molecule has 5 rings (SSSR count). The van der Waals surface area contributed by atoms with Gasteiger partial charge in [-0.1, -0.05) is 49.4 Å². The van der Waals surface area contributed by atoms with Gasteiger partial charge in [0.15, 0.2) is 34.7 Å². The number of hydrogen-bond acceptors (Lipinski definition) is 8. The quantitative estimate of drug-likeness (QED) is 0.499. The summed E-state index contributed by atoms with van der Waals surface area (Å²) in [6, 6.07) is 13.5. The fraction of sp³-hybridized carbons (Fsp3) is 0.379. The van der Waals surface area contributed by atoms with Crippen LogP contribution in [0.2, 0.25) is 0 Å².